The molecule has 0 aromatic carbocycles. The van der Waals surface area contributed by atoms with Crippen LogP contribution in [-0.2, 0) is 20.9 Å². The first-order valence-corrected chi connectivity index (χ1v) is 12.0. The van der Waals surface area contributed by atoms with Crippen molar-refractivity contribution in [3.8, 4) is 0 Å². The van der Waals surface area contributed by atoms with Crippen LogP contribution in [-0.4, -0.2) is 47.1 Å². The van der Waals surface area contributed by atoms with Gasteiger partial charge in [-0.05, 0) is 67.6 Å². The normalized spacial score (nSPS) is 28.2. The molecule has 0 radical (unpaired) electrons. The zero-order chi connectivity index (χ0) is 23.9. The van der Waals surface area contributed by atoms with Crippen molar-refractivity contribution in [2.45, 2.75) is 65.5 Å². The molecule has 33 heavy (non-hydrogen) atoms. The zero-order valence-electron chi connectivity index (χ0n) is 19.9. The van der Waals surface area contributed by atoms with Crippen LogP contribution in [0, 0.1) is 23.7 Å². The van der Waals surface area contributed by atoms with E-state index in [0.29, 0.717) is 30.7 Å². The fourth-order valence-corrected chi connectivity index (χ4v) is 5.83. The van der Waals surface area contributed by atoms with E-state index in [1.165, 1.54) is 16.0 Å². The van der Waals surface area contributed by atoms with Gasteiger partial charge >= 0.3 is 7.12 Å². The number of rotatable bonds is 7. The Morgan fingerprint density at radius 3 is 2.67 bits per heavy atom. The predicted octanol–water partition coefficient (Wildman–Crippen LogP) is 3.43. The first kappa shape index (κ1) is 24.0. The molecule has 4 rings (SSSR count). The van der Waals surface area contributed by atoms with Crippen LogP contribution in [0.5, 0.6) is 0 Å². The van der Waals surface area contributed by atoms with Crippen molar-refractivity contribution >= 4 is 25.0 Å². The van der Waals surface area contributed by atoms with Crippen LogP contribution >= 0.6 is 0 Å². The maximum absolute atomic E-state index is 13.0. The third-order valence-corrected chi connectivity index (χ3v) is 7.53. The summed E-state index contributed by atoms with van der Waals surface area (Å²) in [6, 6.07) is 3.61. The van der Waals surface area contributed by atoms with Crippen LogP contribution in [0.15, 0.2) is 33.3 Å². The van der Waals surface area contributed by atoms with Gasteiger partial charge in [0.05, 0.1) is 17.9 Å². The van der Waals surface area contributed by atoms with E-state index in [0.717, 1.165) is 18.4 Å². The van der Waals surface area contributed by atoms with Crippen LogP contribution in [0.25, 0.3) is 6.08 Å². The highest BCUT2D eigenvalue weighted by atomic mass is 16.5. The highest BCUT2D eigenvalue weighted by molar-refractivity contribution is 6.43. The Labute approximate surface area is 195 Å². The fraction of sp³-hybridized carbons (Fsp3) is 0.600. The number of imide groups is 1. The number of aliphatic hydroxyl groups excluding tert-OH is 1. The van der Waals surface area contributed by atoms with Crippen LogP contribution in [0.3, 0.4) is 0 Å². The number of carbonyl (C=O) groups is 2. The van der Waals surface area contributed by atoms with Gasteiger partial charge in [0.15, 0.2) is 0 Å². The summed E-state index contributed by atoms with van der Waals surface area (Å²) in [4.78, 5) is 27.0. The van der Waals surface area contributed by atoms with Gasteiger partial charge in [0.1, 0.15) is 18.1 Å². The van der Waals surface area contributed by atoms with Crippen molar-refractivity contribution < 1.29 is 28.8 Å². The number of furan rings is 1. The van der Waals surface area contributed by atoms with Crippen LogP contribution in [0.4, 0.5) is 0 Å². The molecule has 2 aliphatic heterocycles. The highest BCUT2D eigenvalue weighted by Crippen LogP contribution is 2.51. The molecule has 3 aliphatic rings. The van der Waals surface area contributed by atoms with Gasteiger partial charge in [0, 0.05) is 7.05 Å². The number of allylic oxidation sites excluding steroid dienone is 2. The molecule has 0 saturated carbocycles. The summed E-state index contributed by atoms with van der Waals surface area (Å²) in [7, 11) is 0.621. The lowest BCUT2D eigenvalue weighted by atomic mass is 9.57. The Balaban J connectivity index is 1.61. The van der Waals surface area contributed by atoms with E-state index in [9.17, 15) is 19.7 Å². The van der Waals surface area contributed by atoms with E-state index in [1.807, 2.05) is 12.1 Å². The van der Waals surface area contributed by atoms with Crippen LogP contribution < -0.4 is 0 Å². The van der Waals surface area contributed by atoms with Crippen molar-refractivity contribution in [3.05, 3.63) is 40.4 Å². The van der Waals surface area contributed by atoms with Gasteiger partial charge in [0.2, 0.25) is 11.8 Å². The Bertz CT molecular complexity index is 979. The van der Waals surface area contributed by atoms with Gasteiger partial charge in [-0.25, -0.2) is 0 Å². The zero-order valence-corrected chi connectivity index (χ0v) is 19.9. The Kier molecular flexibility index (Phi) is 6.98. The molecule has 0 bridgehead atoms. The van der Waals surface area contributed by atoms with Crippen molar-refractivity contribution in [2.75, 3.05) is 7.05 Å². The lowest BCUT2D eigenvalue weighted by Gasteiger charge is -2.44. The van der Waals surface area contributed by atoms with Crippen molar-refractivity contribution in [2.24, 2.45) is 23.7 Å². The molecule has 2 saturated heterocycles. The monoisotopic (exact) mass is 455 g/mol. The molecule has 1 aromatic rings. The van der Waals surface area contributed by atoms with E-state index in [1.54, 1.807) is 13.1 Å². The summed E-state index contributed by atoms with van der Waals surface area (Å²) in [6.07, 6.45) is 4.93. The molecule has 1 aromatic heterocycles. The van der Waals surface area contributed by atoms with Crippen molar-refractivity contribution in [1.29, 1.82) is 0 Å². The SMILES string of the molecule is CC/C(=C\c1ccc(CO)o1)CC[C@H]1OB(O)C[C@H]2C1=C(C(C)C)C[C@H]1C(=O)N(C)C(=O)[C@H]12. The standard InChI is InChI=1S/C25H34BNO6/c1-5-15(10-16-7-8-17(13-28)32-16)6-9-21-22-18(14(2)3)11-19-23(20(22)12-26(31)33-21)25(30)27(4)24(19)29/h7-8,10,14,19-21,23,28,31H,5-6,9,11-13H2,1-4H3/b15-10+/t19-,20+,21-,23-/m1/s1. The second kappa shape index (κ2) is 9.61. The number of hydrogen-bond acceptors (Lipinski definition) is 6. The predicted molar refractivity (Wildman–Crippen MR) is 125 cm³/mol. The van der Waals surface area contributed by atoms with Gasteiger partial charge in [-0.2, -0.15) is 0 Å². The van der Waals surface area contributed by atoms with Crippen molar-refractivity contribution in [3.63, 3.8) is 0 Å². The second-order valence-electron chi connectivity index (χ2n) is 9.79. The third kappa shape index (κ3) is 4.48. The summed E-state index contributed by atoms with van der Waals surface area (Å²) in [5.74, 6) is 0.350. The maximum atomic E-state index is 13.0. The van der Waals surface area contributed by atoms with Gasteiger partial charge in [-0.3, -0.25) is 14.5 Å². The number of fused-ring (bicyclic) bond motifs is 3. The largest absolute Gasteiger partial charge is 0.459 e. The molecular formula is C25H34BNO6. The lowest BCUT2D eigenvalue weighted by molar-refractivity contribution is -0.138. The highest BCUT2D eigenvalue weighted by Gasteiger charge is 2.56. The summed E-state index contributed by atoms with van der Waals surface area (Å²) in [5, 5.41) is 19.8. The summed E-state index contributed by atoms with van der Waals surface area (Å²) >= 11 is 0. The molecule has 1 aliphatic carbocycles. The minimum atomic E-state index is -0.948. The van der Waals surface area contributed by atoms with E-state index < -0.39 is 13.0 Å². The molecule has 7 nitrogen and oxygen atoms in total. The number of nitrogens with zero attached hydrogens (tertiary/aromatic N) is 1. The number of hydrogen-bond donors (Lipinski definition) is 2. The second-order valence-corrected chi connectivity index (χ2v) is 9.79. The Hall–Kier alpha value is -2.16. The number of aliphatic hydroxyl groups is 1. The summed E-state index contributed by atoms with van der Waals surface area (Å²) in [6.45, 7) is 6.21. The molecule has 3 heterocycles. The van der Waals surface area contributed by atoms with Gasteiger partial charge < -0.3 is 19.2 Å². The number of amides is 2. The molecule has 178 valence electrons. The minimum absolute atomic E-state index is 0.100. The van der Waals surface area contributed by atoms with Gasteiger partial charge in [-0.1, -0.05) is 31.9 Å². The molecule has 0 unspecified atom stereocenters. The summed E-state index contributed by atoms with van der Waals surface area (Å²) in [5.41, 5.74) is 3.51. The van der Waals surface area contributed by atoms with Crippen LogP contribution in [0.2, 0.25) is 6.32 Å². The maximum Gasteiger partial charge on any atom is 0.455 e. The number of carbonyl (C=O) groups excluding carboxylic acids is 2. The molecule has 0 spiro atoms. The first-order chi connectivity index (χ1) is 15.7. The lowest BCUT2D eigenvalue weighted by Crippen LogP contribution is -2.46. The topological polar surface area (TPSA) is 100 Å². The Morgan fingerprint density at radius 1 is 1.27 bits per heavy atom. The smallest absolute Gasteiger partial charge is 0.455 e. The summed E-state index contributed by atoms with van der Waals surface area (Å²) < 4.78 is 11.7. The van der Waals surface area contributed by atoms with Crippen molar-refractivity contribution in [1.82, 2.24) is 4.90 Å². The molecule has 2 N–H and O–H groups in total. The molecule has 2 fully saturated rings. The minimum Gasteiger partial charge on any atom is -0.459 e. The quantitative estimate of drug-likeness (QED) is 0.371. The van der Waals surface area contributed by atoms with Gasteiger partial charge in [-0.15, -0.1) is 0 Å². The molecular weight excluding hydrogens is 421 g/mol. The first-order valence-electron chi connectivity index (χ1n) is 12.0. The molecule has 8 heteroatoms. The number of likely N-dealkylation sites (tertiary alicyclic amines) is 1. The van der Waals surface area contributed by atoms with Gasteiger partial charge in [0.25, 0.3) is 0 Å². The van der Waals surface area contributed by atoms with E-state index >= 15 is 0 Å². The average Bonchev–Trinajstić information content (AvgIpc) is 3.34. The Morgan fingerprint density at radius 2 is 2.03 bits per heavy atom. The molecule has 2 amide bonds. The fourth-order valence-electron chi connectivity index (χ4n) is 5.83. The third-order valence-electron chi connectivity index (χ3n) is 7.53. The van der Waals surface area contributed by atoms with Crippen LogP contribution in [0.1, 0.15) is 58.0 Å². The van der Waals surface area contributed by atoms with E-state index in [-0.39, 0.29) is 42.3 Å². The van der Waals surface area contributed by atoms with E-state index in [2.05, 4.69) is 20.8 Å². The van der Waals surface area contributed by atoms with E-state index in [4.69, 9.17) is 9.07 Å². The molecule has 4 atom stereocenters. The average molecular weight is 455 g/mol.